The minimum Gasteiger partial charge on any atom is -0.498 e. The molecule has 0 saturated heterocycles. The van der Waals surface area contributed by atoms with Gasteiger partial charge < -0.3 is 28.4 Å². The van der Waals surface area contributed by atoms with E-state index in [0.29, 0.717) is 40.8 Å². The van der Waals surface area contributed by atoms with Crippen LogP contribution in [0.5, 0.6) is 17.2 Å². The third kappa shape index (κ3) is 2.96. The standard InChI is InChI=1S/C23H27NO7/c1-11-14-9-16(19(27-5)12(2)26-4)30-22-17-13(8-15-21(22)29-10-28-15)6-7-24(3)18(17)20(14)31-23(11)25/h8,16,18,20H,6-7,9-10H2,1-5H3/b19-12-. The topological polar surface area (TPSA) is 75.7 Å². The molecule has 0 amide bonds. The predicted octanol–water partition coefficient (Wildman–Crippen LogP) is 2.86. The number of hydrogen-bond donors (Lipinski definition) is 0. The number of allylic oxidation sites excluding steroid dienone is 1. The van der Waals surface area contributed by atoms with Crippen LogP contribution in [-0.2, 0) is 25.4 Å². The van der Waals surface area contributed by atoms with Crippen molar-refractivity contribution in [1.29, 1.82) is 0 Å². The lowest BCUT2D eigenvalue weighted by molar-refractivity contribution is -0.142. The van der Waals surface area contributed by atoms with Crippen molar-refractivity contribution in [1.82, 2.24) is 4.90 Å². The SMILES string of the molecule is CO/C(C)=C(\OC)C1CC2=C(C)C(=O)OC2C2c3c(cc4c(c3O1)OCO4)CCN2C. The summed E-state index contributed by atoms with van der Waals surface area (Å²) in [6.45, 7) is 4.64. The number of nitrogens with zero attached hydrogens (tertiary/aromatic N) is 1. The van der Waals surface area contributed by atoms with Crippen LogP contribution in [-0.4, -0.2) is 57.7 Å². The van der Waals surface area contributed by atoms with Crippen LogP contribution in [0.1, 0.15) is 37.4 Å². The second-order valence-corrected chi connectivity index (χ2v) is 8.30. The summed E-state index contributed by atoms with van der Waals surface area (Å²) in [6.07, 6.45) is 0.362. The van der Waals surface area contributed by atoms with Gasteiger partial charge in [-0.2, -0.15) is 0 Å². The van der Waals surface area contributed by atoms with Crippen LogP contribution < -0.4 is 14.2 Å². The first-order chi connectivity index (χ1) is 14.9. The number of carbonyl (C=O) groups is 1. The van der Waals surface area contributed by atoms with Crippen LogP contribution in [0.15, 0.2) is 28.7 Å². The van der Waals surface area contributed by atoms with Gasteiger partial charge in [-0.1, -0.05) is 0 Å². The molecule has 166 valence electrons. The van der Waals surface area contributed by atoms with E-state index in [9.17, 15) is 4.79 Å². The molecule has 8 heteroatoms. The summed E-state index contributed by atoms with van der Waals surface area (Å²) in [7, 11) is 5.24. The lowest BCUT2D eigenvalue weighted by atomic mass is 9.83. The third-order valence-corrected chi connectivity index (χ3v) is 6.73. The van der Waals surface area contributed by atoms with E-state index < -0.39 is 12.2 Å². The average molecular weight is 429 g/mol. The van der Waals surface area contributed by atoms with Crippen molar-refractivity contribution in [3.8, 4) is 17.2 Å². The van der Waals surface area contributed by atoms with Crippen molar-refractivity contribution in [2.45, 2.75) is 44.9 Å². The molecule has 0 aliphatic carbocycles. The Morgan fingerprint density at radius 2 is 1.97 bits per heavy atom. The molecule has 0 N–H and O–H groups in total. The van der Waals surface area contributed by atoms with Gasteiger partial charge in [0, 0.05) is 24.1 Å². The minimum absolute atomic E-state index is 0.145. The van der Waals surface area contributed by atoms with Crippen molar-refractivity contribution < 1.29 is 33.2 Å². The smallest absolute Gasteiger partial charge is 0.334 e. The molecule has 5 rings (SSSR count). The van der Waals surface area contributed by atoms with Gasteiger partial charge in [-0.05, 0) is 44.5 Å². The molecule has 1 aromatic rings. The normalized spacial score (nSPS) is 27.4. The molecule has 0 radical (unpaired) electrons. The second-order valence-electron chi connectivity index (χ2n) is 8.30. The van der Waals surface area contributed by atoms with Crippen molar-refractivity contribution in [2.75, 3.05) is 34.6 Å². The highest BCUT2D eigenvalue weighted by Gasteiger charge is 2.48. The fourth-order valence-electron chi connectivity index (χ4n) is 5.04. The molecule has 3 atom stereocenters. The van der Waals surface area contributed by atoms with Crippen LogP contribution in [0.4, 0.5) is 0 Å². The summed E-state index contributed by atoms with van der Waals surface area (Å²) in [5.41, 5.74) is 3.67. The molecule has 3 unspecified atom stereocenters. The Balaban J connectivity index is 1.76. The first-order valence-corrected chi connectivity index (χ1v) is 10.5. The molecule has 0 saturated carbocycles. The summed E-state index contributed by atoms with van der Waals surface area (Å²) >= 11 is 0. The maximum atomic E-state index is 12.6. The van der Waals surface area contributed by atoms with Gasteiger partial charge in [0.05, 0.1) is 20.3 Å². The Labute approximate surface area is 181 Å². The van der Waals surface area contributed by atoms with E-state index >= 15 is 0 Å². The van der Waals surface area contributed by atoms with Gasteiger partial charge in [-0.25, -0.2) is 4.79 Å². The summed E-state index contributed by atoms with van der Waals surface area (Å²) in [5.74, 6) is 2.79. The van der Waals surface area contributed by atoms with Gasteiger partial charge >= 0.3 is 5.97 Å². The molecular formula is C23H27NO7. The third-order valence-electron chi connectivity index (χ3n) is 6.73. The highest BCUT2D eigenvalue weighted by Crippen LogP contribution is 2.54. The quantitative estimate of drug-likeness (QED) is 0.536. The number of ether oxygens (including phenoxy) is 6. The molecule has 31 heavy (non-hydrogen) atoms. The largest absolute Gasteiger partial charge is 0.498 e. The number of benzene rings is 1. The van der Waals surface area contributed by atoms with Gasteiger partial charge in [0.2, 0.25) is 12.5 Å². The Morgan fingerprint density at radius 1 is 1.16 bits per heavy atom. The first-order valence-electron chi connectivity index (χ1n) is 10.5. The van der Waals surface area contributed by atoms with Gasteiger partial charge in [0.25, 0.3) is 0 Å². The zero-order valence-electron chi connectivity index (χ0n) is 18.4. The fourth-order valence-corrected chi connectivity index (χ4v) is 5.04. The highest BCUT2D eigenvalue weighted by atomic mass is 16.7. The number of rotatable bonds is 3. The number of hydrogen-bond acceptors (Lipinski definition) is 8. The van der Waals surface area contributed by atoms with Crippen molar-refractivity contribution >= 4 is 5.97 Å². The van der Waals surface area contributed by atoms with Gasteiger partial charge in [0.15, 0.2) is 23.4 Å². The van der Waals surface area contributed by atoms with Gasteiger partial charge in [0.1, 0.15) is 11.9 Å². The van der Waals surface area contributed by atoms with E-state index in [4.69, 9.17) is 28.4 Å². The molecule has 4 aliphatic rings. The number of likely N-dealkylation sites (N-methyl/N-ethyl adjacent to an activating group) is 1. The van der Waals surface area contributed by atoms with Crippen molar-refractivity contribution in [2.24, 2.45) is 0 Å². The molecule has 4 heterocycles. The summed E-state index contributed by atoms with van der Waals surface area (Å²) in [4.78, 5) is 14.8. The highest BCUT2D eigenvalue weighted by molar-refractivity contribution is 5.92. The Hall–Kier alpha value is -2.87. The molecule has 1 aromatic carbocycles. The van der Waals surface area contributed by atoms with Gasteiger partial charge in [-0.3, -0.25) is 4.90 Å². The minimum atomic E-state index is -0.514. The Kier molecular flexibility index (Phi) is 4.77. The number of fused-ring (bicyclic) bond motifs is 4. The summed E-state index contributed by atoms with van der Waals surface area (Å²) in [6, 6.07) is 1.87. The lowest BCUT2D eigenvalue weighted by Gasteiger charge is -2.41. The van der Waals surface area contributed by atoms with E-state index in [0.717, 1.165) is 29.7 Å². The molecule has 0 bridgehead atoms. The van der Waals surface area contributed by atoms with Crippen molar-refractivity contribution in [3.63, 3.8) is 0 Å². The number of methoxy groups -OCH3 is 2. The van der Waals surface area contributed by atoms with Crippen LogP contribution in [0.25, 0.3) is 0 Å². The van der Waals surface area contributed by atoms with E-state index in [1.165, 1.54) is 0 Å². The Bertz CT molecular complexity index is 1010. The van der Waals surface area contributed by atoms with E-state index in [2.05, 4.69) is 11.9 Å². The van der Waals surface area contributed by atoms with Crippen LogP contribution in [0.2, 0.25) is 0 Å². The van der Waals surface area contributed by atoms with E-state index in [1.807, 2.05) is 19.9 Å². The molecule has 8 nitrogen and oxygen atoms in total. The maximum Gasteiger partial charge on any atom is 0.334 e. The van der Waals surface area contributed by atoms with Crippen molar-refractivity contribution in [3.05, 3.63) is 39.9 Å². The van der Waals surface area contributed by atoms with Crippen LogP contribution >= 0.6 is 0 Å². The van der Waals surface area contributed by atoms with Crippen LogP contribution in [0.3, 0.4) is 0 Å². The van der Waals surface area contributed by atoms with E-state index in [-0.39, 0.29) is 18.8 Å². The number of esters is 1. The van der Waals surface area contributed by atoms with E-state index in [1.54, 1.807) is 14.2 Å². The predicted molar refractivity (Wildman–Crippen MR) is 110 cm³/mol. The summed E-state index contributed by atoms with van der Waals surface area (Å²) in [5, 5.41) is 0. The zero-order chi connectivity index (χ0) is 21.9. The zero-order valence-corrected chi connectivity index (χ0v) is 18.4. The molecule has 0 aromatic heterocycles. The maximum absolute atomic E-state index is 12.6. The van der Waals surface area contributed by atoms with Crippen LogP contribution in [0, 0.1) is 0 Å². The first kappa shape index (κ1) is 20.1. The molecular weight excluding hydrogens is 402 g/mol. The molecule has 0 spiro atoms. The lowest BCUT2D eigenvalue weighted by Crippen LogP contribution is -2.42. The Morgan fingerprint density at radius 3 is 2.71 bits per heavy atom. The number of carbonyl (C=O) groups excluding carboxylic acids is 1. The molecule has 4 aliphatic heterocycles. The van der Waals surface area contributed by atoms with Gasteiger partial charge in [-0.15, -0.1) is 0 Å². The monoisotopic (exact) mass is 429 g/mol. The summed E-state index contributed by atoms with van der Waals surface area (Å²) < 4.78 is 35.3. The molecule has 0 fully saturated rings. The average Bonchev–Trinajstić information content (AvgIpc) is 3.32. The fraction of sp³-hybridized carbons (Fsp3) is 0.522. The second kappa shape index (κ2) is 7.37.